The summed E-state index contributed by atoms with van der Waals surface area (Å²) >= 11 is 0. The maximum atomic E-state index is 13.2. The van der Waals surface area contributed by atoms with Gasteiger partial charge in [-0.1, -0.05) is 30.3 Å². The third-order valence-corrected chi connectivity index (χ3v) is 6.79. The lowest BCUT2D eigenvalue weighted by Gasteiger charge is -2.42. The lowest BCUT2D eigenvalue weighted by molar-refractivity contribution is 0.0951. The molecule has 2 aliphatic rings. The highest BCUT2D eigenvalue weighted by atomic mass is 16.5. The third-order valence-electron chi connectivity index (χ3n) is 6.79. The summed E-state index contributed by atoms with van der Waals surface area (Å²) in [6, 6.07) is 19.6. The zero-order valence-corrected chi connectivity index (χ0v) is 19.6. The van der Waals surface area contributed by atoms with E-state index in [9.17, 15) is 14.4 Å². The van der Waals surface area contributed by atoms with Gasteiger partial charge in [0.15, 0.2) is 0 Å². The molecule has 1 fully saturated rings. The van der Waals surface area contributed by atoms with Gasteiger partial charge in [-0.25, -0.2) is 4.79 Å². The number of aromatic nitrogens is 1. The van der Waals surface area contributed by atoms with Crippen LogP contribution < -0.4 is 20.9 Å². The van der Waals surface area contributed by atoms with Gasteiger partial charge in [0.25, 0.3) is 11.5 Å². The van der Waals surface area contributed by atoms with E-state index in [1.165, 1.54) is 0 Å². The number of hydrogen-bond acceptors (Lipinski definition) is 4. The number of fused-ring (bicyclic) bond motifs is 4. The number of benzene rings is 2. The van der Waals surface area contributed by atoms with Crippen molar-refractivity contribution >= 4 is 17.6 Å². The molecule has 0 saturated carbocycles. The van der Waals surface area contributed by atoms with Crippen LogP contribution in [0, 0.1) is 5.92 Å². The number of para-hydroxylation sites is 1. The molecular weight excluding hydrogens is 444 g/mol. The molecule has 35 heavy (non-hydrogen) atoms. The van der Waals surface area contributed by atoms with Gasteiger partial charge in [0, 0.05) is 43.9 Å². The van der Waals surface area contributed by atoms with Gasteiger partial charge in [-0.05, 0) is 48.2 Å². The van der Waals surface area contributed by atoms with Crippen LogP contribution in [0.2, 0.25) is 0 Å². The first-order valence-corrected chi connectivity index (χ1v) is 11.8. The Morgan fingerprint density at radius 1 is 0.971 bits per heavy atom. The van der Waals surface area contributed by atoms with Crippen LogP contribution in [0.15, 0.2) is 71.5 Å². The number of rotatable bonds is 5. The molecule has 5 rings (SSSR count). The molecule has 0 aliphatic carbocycles. The highest BCUT2D eigenvalue weighted by Gasteiger charge is 2.36. The number of carbonyl (C=O) groups excluding carboxylic acids is 2. The second-order valence-corrected chi connectivity index (χ2v) is 9.11. The molecule has 0 spiro atoms. The van der Waals surface area contributed by atoms with Crippen LogP contribution in [0.1, 0.15) is 34.0 Å². The molecule has 2 aliphatic heterocycles. The van der Waals surface area contributed by atoms with E-state index in [1.54, 1.807) is 48.4 Å². The van der Waals surface area contributed by atoms with E-state index in [0.717, 1.165) is 23.4 Å². The lowest BCUT2D eigenvalue weighted by atomic mass is 9.83. The summed E-state index contributed by atoms with van der Waals surface area (Å²) in [4.78, 5) is 40.2. The number of amides is 3. The summed E-state index contributed by atoms with van der Waals surface area (Å²) in [5.74, 6) is 0.853. The molecule has 8 nitrogen and oxygen atoms in total. The van der Waals surface area contributed by atoms with E-state index in [1.807, 2.05) is 34.9 Å². The quantitative estimate of drug-likeness (QED) is 0.595. The molecule has 1 saturated heterocycles. The van der Waals surface area contributed by atoms with E-state index in [-0.39, 0.29) is 29.3 Å². The van der Waals surface area contributed by atoms with Crippen LogP contribution in [-0.4, -0.2) is 41.6 Å². The van der Waals surface area contributed by atoms with Gasteiger partial charge in [-0.2, -0.15) is 0 Å². The van der Waals surface area contributed by atoms with Crippen LogP contribution in [0.5, 0.6) is 5.75 Å². The van der Waals surface area contributed by atoms with Crippen LogP contribution in [0.4, 0.5) is 10.5 Å². The summed E-state index contributed by atoms with van der Waals surface area (Å²) in [5.41, 5.74) is 2.83. The first-order chi connectivity index (χ1) is 17.0. The molecular formula is C27H28N4O4. The van der Waals surface area contributed by atoms with Crippen LogP contribution in [0.25, 0.3) is 0 Å². The fourth-order valence-corrected chi connectivity index (χ4v) is 5.07. The first-order valence-electron chi connectivity index (χ1n) is 11.8. The number of methoxy groups -OCH3 is 1. The Bertz CT molecular complexity index is 1300. The molecule has 180 valence electrons. The van der Waals surface area contributed by atoms with Crippen LogP contribution in [0.3, 0.4) is 0 Å². The maximum Gasteiger partial charge on any atom is 0.321 e. The Balaban J connectivity index is 1.26. The van der Waals surface area contributed by atoms with E-state index >= 15 is 0 Å². The van der Waals surface area contributed by atoms with Crippen molar-refractivity contribution in [3.05, 3.63) is 93.9 Å². The molecule has 2 N–H and O–H groups in total. The lowest BCUT2D eigenvalue weighted by Crippen LogP contribution is -2.50. The van der Waals surface area contributed by atoms with Crippen molar-refractivity contribution in [3.63, 3.8) is 0 Å². The van der Waals surface area contributed by atoms with Gasteiger partial charge in [-0.15, -0.1) is 0 Å². The number of likely N-dealkylation sites (tertiary alicyclic amines) is 1. The highest BCUT2D eigenvalue weighted by Crippen LogP contribution is 2.35. The summed E-state index contributed by atoms with van der Waals surface area (Å²) in [7, 11) is 1.61. The second-order valence-electron chi connectivity index (χ2n) is 9.11. The van der Waals surface area contributed by atoms with Crippen molar-refractivity contribution in [3.8, 4) is 5.75 Å². The predicted octanol–water partition coefficient (Wildman–Crippen LogP) is 3.44. The molecule has 2 atom stereocenters. The smallest absolute Gasteiger partial charge is 0.321 e. The van der Waals surface area contributed by atoms with Crippen molar-refractivity contribution in [2.24, 2.45) is 5.92 Å². The third kappa shape index (κ3) is 4.77. The summed E-state index contributed by atoms with van der Waals surface area (Å²) in [5, 5.41) is 5.86. The number of ether oxygens (including phenoxy) is 1. The number of carbonyl (C=O) groups is 2. The molecule has 3 aromatic rings. The molecule has 0 radical (unpaired) electrons. The summed E-state index contributed by atoms with van der Waals surface area (Å²) < 4.78 is 7.01. The van der Waals surface area contributed by atoms with Crippen LogP contribution >= 0.6 is 0 Å². The molecule has 3 heterocycles. The van der Waals surface area contributed by atoms with Gasteiger partial charge >= 0.3 is 6.03 Å². The normalized spacial score (nSPS) is 18.4. The number of nitrogens with one attached hydrogen (secondary N) is 2. The first kappa shape index (κ1) is 22.7. The average molecular weight is 473 g/mol. The topological polar surface area (TPSA) is 92.7 Å². The average Bonchev–Trinajstić information content (AvgIpc) is 2.88. The molecule has 2 unspecified atom stereocenters. The molecule has 8 heteroatoms. The minimum Gasteiger partial charge on any atom is -0.497 e. The van der Waals surface area contributed by atoms with Crippen molar-refractivity contribution in [2.45, 2.75) is 25.4 Å². The number of urea groups is 1. The molecule has 2 bridgehead atoms. The fraction of sp³-hybridized carbons (Fsp3) is 0.296. The number of anilines is 1. The van der Waals surface area contributed by atoms with Crippen molar-refractivity contribution in [1.82, 2.24) is 14.8 Å². The van der Waals surface area contributed by atoms with Gasteiger partial charge in [0.05, 0.1) is 18.4 Å². The van der Waals surface area contributed by atoms with Gasteiger partial charge in [0.2, 0.25) is 0 Å². The highest BCUT2D eigenvalue weighted by molar-refractivity contribution is 6.03. The molecule has 1 aromatic heterocycles. The minimum atomic E-state index is -0.263. The van der Waals surface area contributed by atoms with Crippen molar-refractivity contribution in [2.75, 3.05) is 25.5 Å². The predicted molar refractivity (Wildman–Crippen MR) is 133 cm³/mol. The number of pyridine rings is 1. The van der Waals surface area contributed by atoms with Crippen molar-refractivity contribution in [1.29, 1.82) is 0 Å². The molecule has 2 aromatic carbocycles. The minimum absolute atomic E-state index is 0.0182. The maximum absolute atomic E-state index is 13.2. The van der Waals surface area contributed by atoms with E-state index < -0.39 is 0 Å². The zero-order valence-electron chi connectivity index (χ0n) is 19.6. The zero-order chi connectivity index (χ0) is 24.4. The Kier molecular flexibility index (Phi) is 6.27. The van der Waals surface area contributed by atoms with Gasteiger partial charge in [0.1, 0.15) is 5.75 Å². The number of hydrogen-bond donors (Lipinski definition) is 2. The number of nitrogens with zero attached hydrogens (tertiary/aromatic N) is 2. The van der Waals surface area contributed by atoms with E-state index in [2.05, 4.69) is 10.6 Å². The number of piperidine rings is 1. The second kappa shape index (κ2) is 9.66. The fourth-order valence-electron chi connectivity index (χ4n) is 5.07. The monoisotopic (exact) mass is 472 g/mol. The Morgan fingerprint density at radius 3 is 2.57 bits per heavy atom. The molecule has 3 amide bonds. The standard InChI is InChI=1S/C27H28N4O4/c1-35-21-11-9-18(10-12-21)14-28-26(33)22-5-2-3-6-23(22)29-27(34)30-15-19-13-20(17-30)24-7-4-8-25(32)31(24)16-19/h2-12,19-20H,13-17H2,1H3,(H,28,33)(H,29,34). The van der Waals surface area contributed by atoms with E-state index in [4.69, 9.17) is 4.74 Å². The largest absolute Gasteiger partial charge is 0.497 e. The summed E-state index contributed by atoms with van der Waals surface area (Å²) in [6.45, 7) is 2.10. The SMILES string of the molecule is COc1ccc(CNC(=O)c2ccccc2NC(=O)N2CC3CC(C2)c2cccc(=O)n2C3)cc1. The Hall–Kier alpha value is -4.07. The Morgan fingerprint density at radius 2 is 1.77 bits per heavy atom. The van der Waals surface area contributed by atoms with Gasteiger partial charge < -0.3 is 24.8 Å². The van der Waals surface area contributed by atoms with Crippen molar-refractivity contribution < 1.29 is 14.3 Å². The Labute approximate surface area is 203 Å². The summed E-state index contributed by atoms with van der Waals surface area (Å²) in [6.07, 6.45) is 0.970. The van der Waals surface area contributed by atoms with Gasteiger partial charge in [-0.3, -0.25) is 9.59 Å². The van der Waals surface area contributed by atoms with Crippen LogP contribution in [-0.2, 0) is 13.1 Å². The van der Waals surface area contributed by atoms with E-state index in [0.29, 0.717) is 37.4 Å².